The van der Waals surface area contributed by atoms with Gasteiger partial charge in [0, 0.05) is 23.9 Å². The quantitative estimate of drug-likeness (QED) is 0.387. The van der Waals surface area contributed by atoms with E-state index in [1.807, 2.05) is 0 Å². The molecular weight excluding hydrogens is 472 g/mol. The van der Waals surface area contributed by atoms with Crippen LogP contribution in [0, 0.1) is 57.7 Å². The van der Waals surface area contributed by atoms with Gasteiger partial charge in [0.2, 0.25) is 0 Å². The van der Waals surface area contributed by atoms with Gasteiger partial charge in [-0.1, -0.05) is 53.0 Å². The Hall–Kier alpha value is -0.710. The van der Waals surface area contributed by atoms with Gasteiger partial charge in [-0.3, -0.25) is 4.79 Å². The minimum atomic E-state index is -0.711. The lowest BCUT2D eigenvalue weighted by atomic mass is 9.35. The number of fused-ring (bicyclic) bond motifs is 3. The van der Waals surface area contributed by atoms with E-state index >= 15 is 0 Å². The molecule has 0 bridgehead atoms. The Kier molecular flexibility index (Phi) is 7.57. The SMILES string of the molecule is CCOC1CCCCC1C1CCC(C)C2C(=O)C3C(C)C4(C)C(O)C(C(C)O)=C(C)CC4(C)CC3(C)CC12. The van der Waals surface area contributed by atoms with Crippen LogP contribution in [0.2, 0.25) is 0 Å². The Morgan fingerprint density at radius 2 is 1.71 bits per heavy atom. The van der Waals surface area contributed by atoms with E-state index in [2.05, 4.69) is 48.5 Å². The highest BCUT2D eigenvalue weighted by atomic mass is 16.5. The van der Waals surface area contributed by atoms with Gasteiger partial charge >= 0.3 is 0 Å². The highest BCUT2D eigenvalue weighted by molar-refractivity contribution is 5.86. The van der Waals surface area contributed by atoms with Crippen molar-refractivity contribution in [1.82, 2.24) is 0 Å². The van der Waals surface area contributed by atoms with E-state index in [0.29, 0.717) is 35.6 Å². The van der Waals surface area contributed by atoms with Gasteiger partial charge in [-0.05, 0) is 112 Å². The topological polar surface area (TPSA) is 66.8 Å². The number of hydrogen-bond acceptors (Lipinski definition) is 4. The van der Waals surface area contributed by atoms with E-state index in [9.17, 15) is 15.0 Å². The minimum Gasteiger partial charge on any atom is -0.389 e. The number of allylic oxidation sites excluding steroid dienone is 1. The zero-order valence-corrected chi connectivity index (χ0v) is 25.6. The lowest BCUT2D eigenvalue weighted by molar-refractivity contribution is -0.211. The van der Waals surface area contributed by atoms with Crippen molar-refractivity contribution in [3.8, 4) is 0 Å². The van der Waals surface area contributed by atoms with E-state index in [4.69, 9.17) is 4.74 Å². The van der Waals surface area contributed by atoms with Gasteiger partial charge in [0.05, 0.1) is 18.3 Å². The second-order valence-electron chi connectivity index (χ2n) is 15.4. The smallest absolute Gasteiger partial charge is 0.140 e. The molecule has 0 radical (unpaired) electrons. The third-order valence-corrected chi connectivity index (χ3v) is 13.4. The number of carbonyl (C=O) groups excluding carboxylic acids is 1. The molecule has 5 rings (SSSR count). The zero-order chi connectivity index (χ0) is 27.8. The van der Waals surface area contributed by atoms with E-state index < -0.39 is 17.6 Å². The average molecular weight is 529 g/mol. The molecule has 2 N–H and O–H groups in total. The average Bonchev–Trinajstić information content (AvgIpc) is 2.82. The van der Waals surface area contributed by atoms with Gasteiger partial charge in [-0.2, -0.15) is 0 Å². The number of hydrogen-bond donors (Lipinski definition) is 2. The van der Waals surface area contributed by atoms with Crippen LogP contribution >= 0.6 is 0 Å². The molecule has 0 aliphatic heterocycles. The summed E-state index contributed by atoms with van der Waals surface area (Å²) in [6.07, 6.45) is 9.39. The highest BCUT2D eigenvalue weighted by Crippen LogP contribution is 2.71. The summed E-state index contributed by atoms with van der Waals surface area (Å²) in [5.41, 5.74) is 1.34. The molecule has 216 valence electrons. The fraction of sp³-hybridized carbons (Fsp3) is 0.912. The Labute approximate surface area is 232 Å². The van der Waals surface area contributed by atoms with Gasteiger partial charge in [-0.15, -0.1) is 0 Å². The standard InChI is InChI=1S/C34H56O4/c1-9-38-26-13-11-10-12-24(26)23-15-14-19(2)28-25(23)17-32(6)18-33(7)16-20(3)27(22(5)35)31(37)34(33,8)21(4)29(32)30(28)36/h19,21-26,28-29,31,35,37H,9-18H2,1-8H3. The Bertz CT molecular complexity index is 952. The summed E-state index contributed by atoms with van der Waals surface area (Å²) < 4.78 is 6.35. The molecule has 0 saturated heterocycles. The number of aliphatic hydroxyl groups excluding tert-OH is 2. The van der Waals surface area contributed by atoms with Crippen LogP contribution in [0.1, 0.15) is 113 Å². The summed E-state index contributed by atoms with van der Waals surface area (Å²) in [4.78, 5) is 14.8. The number of Topliss-reactive ketones (excluding diaryl/α,β-unsaturated/α-hetero) is 1. The summed E-state index contributed by atoms with van der Waals surface area (Å²) in [6, 6.07) is 0. The van der Waals surface area contributed by atoms with Gasteiger partial charge in [0.15, 0.2) is 0 Å². The molecule has 4 heteroatoms. The number of rotatable bonds is 4. The van der Waals surface area contributed by atoms with E-state index in [1.165, 1.54) is 32.1 Å². The molecule has 0 aromatic heterocycles. The molecule has 0 amide bonds. The predicted octanol–water partition coefficient (Wildman–Crippen LogP) is 6.97. The summed E-state index contributed by atoms with van der Waals surface area (Å²) >= 11 is 0. The molecule has 5 aliphatic carbocycles. The van der Waals surface area contributed by atoms with E-state index in [1.54, 1.807) is 6.92 Å². The maximum absolute atomic E-state index is 14.8. The van der Waals surface area contributed by atoms with Crippen LogP contribution < -0.4 is 0 Å². The minimum absolute atomic E-state index is 0.0274. The van der Waals surface area contributed by atoms with Crippen LogP contribution in [0.3, 0.4) is 0 Å². The zero-order valence-electron chi connectivity index (χ0n) is 25.6. The van der Waals surface area contributed by atoms with Gasteiger partial charge in [0.1, 0.15) is 5.78 Å². The van der Waals surface area contributed by atoms with Crippen molar-refractivity contribution >= 4 is 5.78 Å². The first-order chi connectivity index (χ1) is 17.8. The van der Waals surface area contributed by atoms with Crippen LogP contribution in [0.15, 0.2) is 11.1 Å². The molecule has 5 aliphatic rings. The molecule has 0 heterocycles. The highest BCUT2D eigenvalue weighted by Gasteiger charge is 2.69. The number of carbonyl (C=O) groups is 1. The van der Waals surface area contributed by atoms with Crippen LogP contribution in [0.4, 0.5) is 0 Å². The third-order valence-electron chi connectivity index (χ3n) is 13.4. The molecule has 13 unspecified atom stereocenters. The molecule has 4 nitrogen and oxygen atoms in total. The second kappa shape index (κ2) is 9.98. The fourth-order valence-electron chi connectivity index (χ4n) is 11.8. The van der Waals surface area contributed by atoms with Crippen molar-refractivity contribution < 1.29 is 19.7 Å². The molecular formula is C34H56O4. The third kappa shape index (κ3) is 4.04. The van der Waals surface area contributed by atoms with Gasteiger partial charge < -0.3 is 14.9 Å². The fourth-order valence-corrected chi connectivity index (χ4v) is 11.8. The van der Waals surface area contributed by atoms with Crippen molar-refractivity contribution in [2.24, 2.45) is 57.7 Å². The Morgan fingerprint density at radius 3 is 2.37 bits per heavy atom. The summed E-state index contributed by atoms with van der Waals surface area (Å²) in [7, 11) is 0. The normalized spacial score (nSPS) is 52.2. The largest absolute Gasteiger partial charge is 0.389 e. The van der Waals surface area contributed by atoms with Crippen LogP contribution in [0.25, 0.3) is 0 Å². The molecule has 4 saturated carbocycles. The monoisotopic (exact) mass is 528 g/mol. The molecule has 0 spiro atoms. The van der Waals surface area contributed by atoms with Crippen LogP contribution in [-0.4, -0.2) is 40.9 Å². The van der Waals surface area contributed by atoms with Gasteiger partial charge in [-0.25, -0.2) is 0 Å². The van der Waals surface area contributed by atoms with Crippen molar-refractivity contribution in [3.05, 3.63) is 11.1 Å². The van der Waals surface area contributed by atoms with E-state index in [0.717, 1.165) is 43.4 Å². The van der Waals surface area contributed by atoms with Gasteiger partial charge in [0.25, 0.3) is 0 Å². The first-order valence-corrected chi connectivity index (χ1v) is 16.0. The van der Waals surface area contributed by atoms with Crippen molar-refractivity contribution in [2.75, 3.05) is 6.61 Å². The lowest BCUT2D eigenvalue weighted by Gasteiger charge is -2.69. The van der Waals surface area contributed by atoms with E-state index in [-0.39, 0.29) is 28.6 Å². The van der Waals surface area contributed by atoms with Crippen molar-refractivity contribution in [1.29, 1.82) is 0 Å². The Morgan fingerprint density at radius 1 is 1.03 bits per heavy atom. The van der Waals surface area contributed by atoms with Crippen molar-refractivity contribution in [3.63, 3.8) is 0 Å². The molecule has 0 aromatic carbocycles. The summed E-state index contributed by atoms with van der Waals surface area (Å²) in [6.45, 7) is 18.4. The molecule has 13 atom stereocenters. The molecule has 4 fully saturated rings. The molecule has 38 heavy (non-hydrogen) atoms. The maximum atomic E-state index is 14.8. The number of ether oxygens (including phenoxy) is 1. The summed E-state index contributed by atoms with van der Waals surface area (Å²) in [5, 5.41) is 22.5. The van der Waals surface area contributed by atoms with Crippen molar-refractivity contribution in [2.45, 2.75) is 131 Å². The van der Waals surface area contributed by atoms with Crippen LogP contribution in [-0.2, 0) is 9.53 Å². The number of aliphatic hydroxyl groups is 2. The first kappa shape index (κ1) is 28.8. The van der Waals surface area contributed by atoms with Crippen LogP contribution in [0.5, 0.6) is 0 Å². The first-order valence-electron chi connectivity index (χ1n) is 16.0. The predicted molar refractivity (Wildman–Crippen MR) is 152 cm³/mol. The lowest BCUT2D eigenvalue weighted by Crippen LogP contribution is -2.67. The number of ketones is 1. The Balaban J connectivity index is 1.54. The summed E-state index contributed by atoms with van der Waals surface area (Å²) in [5.74, 6) is 2.74. The molecule has 0 aromatic rings. The second-order valence-corrected chi connectivity index (χ2v) is 15.4. The maximum Gasteiger partial charge on any atom is 0.140 e.